The molecule has 2 heterocycles. The Morgan fingerprint density at radius 1 is 0.238 bits per heavy atom. The fourth-order valence-electron chi connectivity index (χ4n) is 9.84. The van der Waals surface area contributed by atoms with Crippen LogP contribution in [0.25, 0.3) is 89.0 Å². The number of benzene rings is 10. The fourth-order valence-corrected chi connectivity index (χ4v) is 13.1. The molecule has 0 radical (unpaired) electrons. The molecule has 0 unspecified atom stereocenters. The summed E-state index contributed by atoms with van der Waals surface area (Å²) in [5, 5.41) is 1.72. The number of nitrogens with zero attached hydrogens (tertiary/aromatic N) is 1. The maximum atomic E-state index is 16.5. The highest BCUT2D eigenvalue weighted by Gasteiger charge is 2.47. The van der Waals surface area contributed by atoms with E-state index in [1.807, 2.05) is 12.1 Å². The van der Waals surface area contributed by atoms with Crippen LogP contribution in [0.3, 0.4) is 0 Å². The minimum Gasteiger partial charge on any atom is -0.289 e. The summed E-state index contributed by atoms with van der Waals surface area (Å²) < 4.78 is 18.7. The first-order valence-corrected chi connectivity index (χ1v) is 23.2. The Hall–Kier alpha value is -7.77. The van der Waals surface area contributed by atoms with Gasteiger partial charge < -0.3 is 0 Å². The summed E-state index contributed by atoms with van der Waals surface area (Å²) >= 11 is 0. The summed E-state index contributed by atoms with van der Waals surface area (Å²) in [6, 6.07) is 86.2. The summed E-state index contributed by atoms with van der Waals surface area (Å²) in [5.41, 5.74) is 19.9. The molecule has 0 aliphatic carbocycles. The molecule has 3 heteroatoms. The fraction of sp³-hybridized carbons (Fsp3) is 0. The maximum Gasteiger partial charge on any atom is 0.235 e. The molecular formula is C60H40NOP. The largest absolute Gasteiger partial charge is 0.289 e. The Kier molecular flexibility index (Phi) is 8.81. The van der Waals surface area contributed by atoms with Crippen LogP contribution in [-0.2, 0) is 4.57 Å². The minimum atomic E-state index is -3.41. The highest BCUT2D eigenvalue weighted by molar-refractivity contribution is 7.81. The highest BCUT2D eigenvalue weighted by Crippen LogP contribution is 2.66. The first-order chi connectivity index (χ1) is 31.1. The van der Waals surface area contributed by atoms with E-state index < -0.39 is 7.29 Å². The molecule has 0 aromatic heterocycles. The van der Waals surface area contributed by atoms with Crippen LogP contribution < -0.4 is 15.3 Å². The lowest BCUT2D eigenvalue weighted by atomic mass is 9.88. The van der Waals surface area contributed by atoms with Crippen LogP contribution in [0.15, 0.2) is 243 Å². The number of hydrogen-bond donors (Lipinski definition) is 0. The molecule has 63 heavy (non-hydrogen) atoms. The van der Waals surface area contributed by atoms with E-state index in [0.29, 0.717) is 0 Å². The van der Waals surface area contributed by atoms with Gasteiger partial charge in [-0.2, -0.15) is 0 Å². The molecule has 0 bridgehead atoms. The lowest BCUT2D eigenvalue weighted by Gasteiger charge is -2.44. The Labute approximate surface area is 368 Å². The monoisotopic (exact) mass is 821 g/mol. The van der Waals surface area contributed by atoms with Crippen LogP contribution in [0.2, 0.25) is 0 Å². The van der Waals surface area contributed by atoms with Crippen LogP contribution in [0.5, 0.6) is 0 Å². The summed E-state index contributed by atoms with van der Waals surface area (Å²) in [7, 11) is -3.41. The predicted octanol–water partition coefficient (Wildman–Crippen LogP) is 15.7. The molecule has 0 atom stereocenters. The van der Waals surface area contributed by atoms with Crippen molar-refractivity contribution in [1.82, 2.24) is 0 Å². The molecule has 2 nitrogen and oxygen atoms in total. The SMILES string of the molecule is O=P12c3ccccc3-c3cc(-c4cc(-c5ccccc5)ccc4-c4ccccc4)ccc3N1c1ccc(-c3cc(-c4ccccc4)ccc3-c3ccccc3)cc1-c1ccccc12. The molecule has 10 aromatic rings. The molecule has 10 aromatic carbocycles. The van der Waals surface area contributed by atoms with Crippen molar-refractivity contribution in [2.24, 2.45) is 0 Å². The van der Waals surface area contributed by atoms with E-state index in [4.69, 9.17) is 0 Å². The zero-order chi connectivity index (χ0) is 41.9. The standard InChI is InChI=1S/C60H40NOP/c62-63-59-27-15-13-25-51(59)55-39-47(53-37-45(41-17-5-1-6-18-41)29-33-49(53)43-21-9-3-10-22-43)31-35-57(55)61(63)58-36-32-48(40-56(58)52-26-14-16-28-60(52)63)54-38-46(42-19-7-2-8-20-42)30-34-50(54)44-23-11-4-12-24-44/h1-40H. The lowest BCUT2D eigenvalue weighted by Crippen LogP contribution is -2.37. The summed E-state index contributed by atoms with van der Waals surface area (Å²) in [6.45, 7) is 0. The van der Waals surface area contributed by atoms with Crippen molar-refractivity contribution in [3.63, 3.8) is 0 Å². The Balaban J connectivity index is 1.07. The van der Waals surface area contributed by atoms with Gasteiger partial charge in [0.15, 0.2) is 0 Å². The molecule has 0 fully saturated rings. The third-order valence-electron chi connectivity index (χ3n) is 12.8. The van der Waals surface area contributed by atoms with Crippen LogP contribution >= 0.6 is 7.29 Å². The highest BCUT2D eigenvalue weighted by atomic mass is 31.2. The van der Waals surface area contributed by atoms with Crippen molar-refractivity contribution in [2.45, 2.75) is 0 Å². The zero-order valence-electron chi connectivity index (χ0n) is 34.4. The molecule has 2 aliphatic rings. The molecule has 0 saturated heterocycles. The van der Waals surface area contributed by atoms with Gasteiger partial charge >= 0.3 is 0 Å². The van der Waals surface area contributed by atoms with Gasteiger partial charge in [-0.25, -0.2) is 0 Å². The molecule has 0 saturated carbocycles. The van der Waals surface area contributed by atoms with Crippen LogP contribution in [0.1, 0.15) is 0 Å². The quantitative estimate of drug-likeness (QED) is 0.156. The van der Waals surface area contributed by atoms with Crippen molar-refractivity contribution in [1.29, 1.82) is 0 Å². The van der Waals surface area contributed by atoms with Crippen LogP contribution in [0.4, 0.5) is 11.4 Å². The first kappa shape index (κ1) is 37.0. The molecule has 2 aliphatic heterocycles. The van der Waals surface area contributed by atoms with Crippen molar-refractivity contribution in [3.05, 3.63) is 243 Å². The van der Waals surface area contributed by atoms with Gasteiger partial charge in [0.25, 0.3) is 0 Å². The van der Waals surface area contributed by atoms with Crippen molar-refractivity contribution < 1.29 is 4.57 Å². The van der Waals surface area contributed by atoms with E-state index in [-0.39, 0.29) is 0 Å². The average molecular weight is 822 g/mol. The normalized spacial score (nSPS) is 12.9. The van der Waals surface area contributed by atoms with Crippen molar-refractivity contribution in [2.75, 3.05) is 4.67 Å². The van der Waals surface area contributed by atoms with Gasteiger partial charge in [-0.1, -0.05) is 194 Å². The lowest BCUT2D eigenvalue weighted by molar-refractivity contribution is 0.586. The number of fused-ring (bicyclic) bond motifs is 11. The molecule has 296 valence electrons. The smallest absolute Gasteiger partial charge is 0.235 e. The van der Waals surface area contributed by atoms with Gasteiger partial charge in [-0.05, 0) is 126 Å². The van der Waals surface area contributed by atoms with Crippen LogP contribution in [-0.4, -0.2) is 0 Å². The van der Waals surface area contributed by atoms with Gasteiger partial charge in [0, 0.05) is 21.7 Å². The van der Waals surface area contributed by atoms with Crippen molar-refractivity contribution >= 4 is 29.3 Å². The average Bonchev–Trinajstić information content (AvgIpc) is 3.37. The molecular weight excluding hydrogens is 782 g/mol. The van der Waals surface area contributed by atoms with E-state index in [1.54, 1.807) is 0 Å². The van der Waals surface area contributed by atoms with E-state index in [9.17, 15) is 0 Å². The Bertz CT molecular complexity index is 3190. The molecule has 0 spiro atoms. The number of rotatable bonds is 6. The van der Waals surface area contributed by atoms with Gasteiger partial charge in [-0.3, -0.25) is 9.24 Å². The Morgan fingerprint density at radius 2 is 0.571 bits per heavy atom. The summed E-state index contributed by atoms with van der Waals surface area (Å²) in [6.07, 6.45) is 0. The van der Waals surface area contributed by atoms with Gasteiger partial charge in [0.1, 0.15) is 0 Å². The minimum absolute atomic E-state index is 0.861. The predicted molar refractivity (Wildman–Crippen MR) is 265 cm³/mol. The zero-order valence-corrected chi connectivity index (χ0v) is 35.3. The topological polar surface area (TPSA) is 20.3 Å². The van der Waals surface area contributed by atoms with Gasteiger partial charge in [0.05, 0.1) is 11.4 Å². The Morgan fingerprint density at radius 3 is 0.984 bits per heavy atom. The van der Waals surface area contributed by atoms with E-state index in [0.717, 1.165) is 88.7 Å². The number of hydrogen-bond acceptors (Lipinski definition) is 1. The molecule has 0 N–H and O–H groups in total. The molecule has 0 amide bonds. The maximum absolute atomic E-state index is 16.5. The second-order valence-electron chi connectivity index (χ2n) is 16.4. The second kappa shape index (κ2) is 15.0. The van der Waals surface area contributed by atoms with E-state index >= 15 is 4.57 Å². The van der Waals surface area contributed by atoms with Gasteiger partial charge in [0.2, 0.25) is 7.29 Å². The van der Waals surface area contributed by atoms with E-state index in [1.165, 1.54) is 22.3 Å². The summed E-state index contributed by atoms with van der Waals surface area (Å²) in [4.78, 5) is 0. The van der Waals surface area contributed by atoms with E-state index in [2.05, 4.69) is 235 Å². The third-order valence-corrected chi connectivity index (χ3v) is 15.9. The van der Waals surface area contributed by atoms with Crippen LogP contribution in [0, 0.1) is 0 Å². The number of anilines is 2. The molecule has 12 rings (SSSR count). The summed E-state index contributed by atoms with van der Waals surface area (Å²) in [5.74, 6) is 0. The third kappa shape index (κ3) is 6.06. The van der Waals surface area contributed by atoms with Crippen molar-refractivity contribution in [3.8, 4) is 89.0 Å². The second-order valence-corrected chi connectivity index (χ2v) is 18.9. The van der Waals surface area contributed by atoms with Gasteiger partial charge in [-0.15, -0.1) is 0 Å². The first-order valence-electron chi connectivity index (χ1n) is 21.5.